The van der Waals surface area contributed by atoms with E-state index in [1.807, 2.05) is 0 Å². The minimum atomic E-state index is -4.78. The Morgan fingerprint density at radius 2 is 1.61 bits per heavy atom. The molecule has 49 heavy (non-hydrogen) atoms. The summed E-state index contributed by atoms with van der Waals surface area (Å²) >= 11 is 0. The standard InChI is InChI=1S/C14H13F3N4O4.C14H13F3N4O3/c15-14(16,17)13-19-12(20-25-13)8-1-3-21(11(23)5-8)6-10(22)18-9-2-4-24-7-9;15-14(16,17)13-19-11(20-24-13)8-3-4-18-12(23)9(8)7-10(22)21-5-1-2-6-21/h1,3,5,9H,2,4,6-7H2,(H,18,22);3-4H,1-2,5-7H2,(H,18,23)/t9-;/m1./s1. The normalized spacial score (nSPS) is 16.4. The zero-order chi connectivity index (χ0) is 35.3. The third kappa shape index (κ3) is 8.77. The molecule has 6 rings (SSSR count). The molecule has 2 N–H and O–H groups in total. The van der Waals surface area contributed by atoms with Gasteiger partial charge in [0.25, 0.3) is 11.1 Å². The van der Waals surface area contributed by atoms with Gasteiger partial charge in [-0.15, -0.1) is 0 Å². The third-order valence-corrected chi connectivity index (χ3v) is 7.29. The van der Waals surface area contributed by atoms with Gasteiger partial charge < -0.3 is 33.6 Å². The number of rotatable bonds is 7. The van der Waals surface area contributed by atoms with E-state index < -0.39 is 35.3 Å². The Bertz CT molecular complexity index is 1900. The number of nitrogens with zero attached hydrogens (tertiary/aromatic N) is 6. The van der Waals surface area contributed by atoms with Gasteiger partial charge in [0.1, 0.15) is 6.54 Å². The fraction of sp³-hybridized carbons (Fsp3) is 0.429. The maximum Gasteiger partial charge on any atom is 0.471 e. The van der Waals surface area contributed by atoms with Crippen LogP contribution >= 0.6 is 0 Å². The van der Waals surface area contributed by atoms with E-state index in [2.05, 4.69) is 39.6 Å². The predicted molar refractivity (Wildman–Crippen MR) is 151 cm³/mol. The van der Waals surface area contributed by atoms with Crippen LogP contribution in [0.25, 0.3) is 22.8 Å². The van der Waals surface area contributed by atoms with Crippen LogP contribution in [0.3, 0.4) is 0 Å². The molecule has 6 heterocycles. The summed E-state index contributed by atoms with van der Waals surface area (Å²) in [7, 11) is 0. The molecule has 0 bridgehead atoms. The molecule has 4 aromatic rings. The zero-order valence-electron chi connectivity index (χ0n) is 25.1. The number of hydrogen-bond donors (Lipinski definition) is 2. The van der Waals surface area contributed by atoms with Gasteiger partial charge in [-0.1, -0.05) is 10.3 Å². The summed E-state index contributed by atoms with van der Waals surface area (Å²) in [6.07, 6.45) is -4.75. The molecular formula is C28H26F6N8O7. The van der Waals surface area contributed by atoms with Crippen LogP contribution in [0.5, 0.6) is 0 Å². The lowest BCUT2D eigenvalue weighted by Gasteiger charge is -2.15. The van der Waals surface area contributed by atoms with Crippen LogP contribution in [-0.2, 0) is 39.6 Å². The number of amides is 2. The highest BCUT2D eigenvalue weighted by Gasteiger charge is 2.39. The van der Waals surface area contributed by atoms with Crippen LogP contribution in [0.2, 0.25) is 0 Å². The lowest BCUT2D eigenvalue weighted by atomic mass is 10.1. The second kappa shape index (κ2) is 14.4. The first-order valence-electron chi connectivity index (χ1n) is 14.6. The molecule has 0 aromatic carbocycles. The van der Waals surface area contributed by atoms with Gasteiger partial charge in [0.15, 0.2) is 0 Å². The number of ether oxygens (including phenoxy) is 1. The smallest absolute Gasteiger partial charge is 0.379 e. The van der Waals surface area contributed by atoms with E-state index in [9.17, 15) is 45.5 Å². The summed E-state index contributed by atoms with van der Waals surface area (Å²) in [5, 5.41) is 9.21. The average molecular weight is 701 g/mol. The van der Waals surface area contributed by atoms with Crippen LogP contribution in [0.4, 0.5) is 26.3 Å². The highest BCUT2D eigenvalue weighted by Crippen LogP contribution is 2.30. The van der Waals surface area contributed by atoms with Gasteiger partial charge in [0.2, 0.25) is 23.5 Å². The van der Waals surface area contributed by atoms with Crippen molar-refractivity contribution >= 4 is 11.8 Å². The first-order chi connectivity index (χ1) is 23.2. The Labute approximate surface area is 270 Å². The number of carbonyl (C=O) groups excluding carboxylic acids is 2. The topological polar surface area (TPSA) is 191 Å². The number of pyridine rings is 2. The Hall–Kier alpha value is -5.34. The van der Waals surface area contributed by atoms with Gasteiger partial charge in [-0.3, -0.25) is 19.2 Å². The molecule has 2 amide bonds. The molecule has 2 fully saturated rings. The molecule has 15 nitrogen and oxygen atoms in total. The van der Waals surface area contributed by atoms with Crippen molar-refractivity contribution in [2.45, 2.75) is 50.6 Å². The second-order valence-electron chi connectivity index (χ2n) is 10.8. The number of H-pyrrole nitrogens is 1. The van der Waals surface area contributed by atoms with Crippen molar-refractivity contribution in [3.05, 3.63) is 68.6 Å². The molecule has 0 aliphatic carbocycles. The summed E-state index contributed by atoms with van der Waals surface area (Å²) < 4.78 is 89.7. The quantitative estimate of drug-likeness (QED) is 0.269. The fourth-order valence-electron chi connectivity index (χ4n) is 4.88. The van der Waals surface area contributed by atoms with Crippen molar-refractivity contribution in [1.82, 2.24) is 40.0 Å². The number of likely N-dealkylation sites (tertiary alicyclic amines) is 1. The predicted octanol–water partition coefficient (Wildman–Crippen LogP) is 2.43. The minimum Gasteiger partial charge on any atom is -0.379 e. The molecule has 4 aromatic heterocycles. The molecule has 2 aliphatic rings. The molecule has 0 saturated carbocycles. The summed E-state index contributed by atoms with van der Waals surface area (Å²) in [6, 6.07) is 3.64. The van der Waals surface area contributed by atoms with Crippen molar-refractivity contribution in [2.24, 2.45) is 0 Å². The summed E-state index contributed by atoms with van der Waals surface area (Å²) in [5.41, 5.74) is -1.02. The van der Waals surface area contributed by atoms with Crippen molar-refractivity contribution in [1.29, 1.82) is 0 Å². The molecule has 21 heteroatoms. The molecule has 0 spiro atoms. The van der Waals surface area contributed by atoms with Crippen LogP contribution in [0.15, 0.2) is 49.2 Å². The Kier molecular flexibility index (Phi) is 10.3. The lowest BCUT2D eigenvalue weighted by Crippen LogP contribution is -2.38. The average Bonchev–Trinajstić information content (AvgIpc) is 3.86. The Morgan fingerprint density at radius 3 is 2.20 bits per heavy atom. The first-order valence-corrected chi connectivity index (χ1v) is 14.6. The lowest BCUT2D eigenvalue weighted by molar-refractivity contribution is -0.160. The van der Waals surface area contributed by atoms with Crippen molar-refractivity contribution in [2.75, 3.05) is 26.3 Å². The SMILES string of the molecule is O=C(Cc1c(-c2noc(C(F)(F)F)n2)cc[nH]c1=O)N1CCCC1.O=C(Cn1ccc(-c2noc(C(F)(F)F)n2)cc1=O)N[C@@H]1CCOC1. The Balaban J connectivity index is 0.000000191. The van der Waals surface area contributed by atoms with Crippen molar-refractivity contribution in [3.8, 4) is 22.8 Å². The molecule has 0 unspecified atom stereocenters. The largest absolute Gasteiger partial charge is 0.471 e. The molecule has 262 valence electrons. The van der Waals surface area contributed by atoms with E-state index in [4.69, 9.17) is 4.74 Å². The number of hydrogen-bond acceptors (Lipinski definition) is 11. The third-order valence-electron chi connectivity index (χ3n) is 7.29. The molecule has 1 atom stereocenters. The monoisotopic (exact) mass is 700 g/mol. The van der Waals surface area contributed by atoms with E-state index in [1.54, 1.807) is 4.90 Å². The van der Waals surface area contributed by atoms with Crippen LogP contribution in [0.1, 0.15) is 36.6 Å². The summed E-state index contributed by atoms with van der Waals surface area (Å²) in [4.78, 5) is 58.7. The molecular weight excluding hydrogens is 674 g/mol. The van der Waals surface area contributed by atoms with Gasteiger partial charge in [0, 0.05) is 54.8 Å². The fourth-order valence-corrected chi connectivity index (χ4v) is 4.88. The molecule has 2 aliphatic heterocycles. The van der Waals surface area contributed by atoms with E-state index in [1.165, 1.54) is 24.5 Å². The molecule has 2 saturated heterocycles. The van der Waals surface area contributed by atoms with Crippen molar-refractivity contribution < 1.29 is 49.7 Å². The van der Waals surface area contributed by atoms with Gasteiger partial charge in [-0.05, 0) is 31.4 Å². The number of nitrogens with one attached hydrogen (secondary N) is 2. The number of alkyl halides is 6. The summed E-state index contributed by atoms with van der Waals surface area (Å²) in [6.45, 7) is 2.01. The van der Waals surface area contributed by atoms with Gasteiger partial charge in [0.05, 0.1) is 19.1 Å². The van der Waals surface area contributed by atoms with E-state index in [-0.39, 0.29) is 59.2 Å². The van der Waals surface area contributed by atoms with E-state index in [0.717, 1.165) is 23.5 Å². The highest BCUT2D eigenvalue weighted by molar-refractivity contribution is 5.81. The first kappa shape index (κ1) is 35.0. The number of aromatic amines is 1. The van der Waals surface area contributed by atoms with Crippen LogP contribution in [-0.4, -0.2) is 78.9 Å². The van der Waals surface area contributed by atoms with Gasteiger partial charge in [-0.25, -0.2) is 0 Å². The second-order valence-corrected chi connectivity index (χ2v) is 10.8. The Morgan fingerprint density at radius 1 is 0.959 bits per heavy atom. The summed E-state index contributed by atoms with van der Waals surface area (Å²) in [5.74, 6) is -4.35. The van der Waals surface area contributed by atoms with Crippen LogP contribution in [0, 0.1) is 0 Å². The maximum absolute atomic E-state index is 12.6. The van der Waals surface area contributed by atoms with Gasteiger partial charge >= 0.3 is 24.1 Å². The van der Waals surface area contributed by atoms with Crippen molar-refractivity contribution in [3.63, 3.8) is 0 Å². The maximum atomic E-state index is 12.6. The molecule has 0 radical (unpaired) electrons. The zero-order valence-corrected chi connectivity index (χ0v) is 25.1. The minimum absolute atomic E-state index is 0.0175. The highest BCUT2D eigenvalue weighted by atomic mass is 19.4. The number of aromatic nitrogens is 6. The van der Waals surface area contributed by atoms with Gasteiger partial charge in [-0.2, -0.15) is 36.3 Å². The van der Waals surface area contributed by atoms with E-state index in [0.29, 0.717) is 32.7 Å². The van der Waals surface area contributed by atoms with Crippen LogP contribution < -0.4 is 16.4 Å². The number of halogens is 6. The van der Waals surface area contributed by atoms with E-state index >= 15 is 0 Å². The number of carbonyl (C=O) groups is 2.